The van der Waals surface area contributed by atoms with E-state index in [0.29, 0.717) is 28.6 Å². The average molecular weight is 488 g/mol. The van der Waals surface area contributed by atoms with Gasteiger partial charge in [0.25, 0.3) is 0 Å². The Balaban J connectivity index is 1.47. The standard InChI is InChI=1S/C28H25NO7/c1-28(2,27(31)32)36-24-15-22(33-3)13-14-23(24)25(30)18-9-11-21(12-10-18)34-16-20-17-35-26(29-20)19-7-5-4-6-8-19/h4-15,17H,16H2,1-3H3,(H,31,32). The Morgan fingerprint density at radius 2 is 1.67 bits per heavy atom. The maximum Gasteiger partial charge on any atom is 0.347 e. The number of carbonyl (C=O) groups excluding carboxylic acids is 1. The van der Waals surface area contributed by atoms with E-state index in [0.717, 1.165) is 5.56 Å². The Kier molecular flexibility index (Phi) is 7.05. The van der Waals surface area contributed by atoms with Gasteiger partial charge < -0.3 is 23.7 Å². The second-order valence-corrected chi connectivity index (χ2v) is 8.43. The Morgan fingerprint density at radius 3 is 2.33 bits per heavy atom. The Labute approximate surface area is 208 Å². The van der Waals surface area contributed by atoms with Gasteiger partial charge in [-0.15, -0.1) is 0 Å². The first-order valence-electron chi connectivity index (χ1n) is 11.1. The summed E-state index contributed by atoms with van der Waals surface area (Å²) in [5, 5.41) is 9.43. The molecule has 4 rings (SSSR count). The molecular weight excluding hydrogens is 462 g/mol. The fourth-order valence-electron chi connectivity index (χ4n) is 3.32. The van der Waals surface area contributed by atoms with Gasteiger partial charge in [0.2, 0.25) is 5.89 Å². The molecule has 8 heteroatoms. The molecule has 36 heavy (non-hydrogen) atoms. The highest BCUT2D eigenvalue weighted by Crippen LogP contribution is 2.30. The first kappa shape index (κ1) is 24.5. The quantitative estimate of drug-likeness (QED) is 0.296. The summed E-state index contributed by atoms with van der Waals surface area (Å²) >= 11 is 0. The third-order valence-electron chi connectivity index (χ3n) is 5.39. The maximum absolute atomic E-state index is 13.2. The number of ketones is 1. The van der Waals surface area contributed by atoms with Crippen LogP contribution in [0, 0.1) is 0 Å². The van der Waals surface area contributed by atoms with Crippen LogP contribution in [0.4, 0.5) is 0 Å². The minimum absolute atomic E-state index is 0.118. The molecule has 0 unspecified atom stereocenters. The van der Waals surface area contributed by atoms with Crippen LogP contribution in [0.1, 0.15) is 35.5 Å². The first-order chi connectivity index (χ1) is 17.3. The number of carbonyl (C=O) groups is 2. The second kappa shape index (κ2) is 10.4. The van der Waals surface area contributed by atoms with Crippen LogP contribution in [0.5, 0.6) is 17.2 Å². The number of oxazole rings is 1. The van der Waals surface area contributed by atoms with Crippen molar-refractivity contribution in [3.05, 3.63) is 95.9 Å². The van der Waals surface area contributed by atoms with Crippen molar-refractivity contribution in [2.45, 2.75) is 26.1 Å². The van der Waals surface area contributed by atoms with Crippen molar-refractivity contribution >= 4 is 11.8 Å². The fraction of sp³-hybridized carbons (Fsp3) is 0.179. The summed E-state index contributed by atoms with van der Waals surface area (Å²) in [6.45, 7) is 3.02. The maximum atomic E-state index is 13.2. The third-order valence-corrected chi connectivity index (χ3v) is 5.39. The second-order valence-electron chi connectivity index (χ2n) is 8.43. The molecule has 0 aliphatic rings. The van der Waals surface area contributed by atoms with Gasteiger partial charge in [0.15, 0.2) is 11.4 Å². The molecule has 184 valence electrons. The van der Waals surface area contributed by atoms with Gasteiger partial charge in [-0.2, -0.15) is 0 Å². The lowest BCUT2D eigenvalue weighted by atomic mass is 10.0. The molecule has 4 aromatic rings. The summed E-state index contributed by atoms with van der Waals surface area (Å²) in [6.07, 6.45) is 1.55. The predicted octanol–water partition coefficient (Wildman–Crippen LogP) is 5.40. The number of methoxy groups -OCH3 is 1. The molecule has 0 fully saturated rings. The van der Waals surface area contributed by atoms with Gasteiger partial charge in [0.05, 0.1) is 12.7 Å². The Bertz CT molecular complexity index is 1360. The number of aliphatic carboxylic acids is 1. The summed E-state index contributed by atoms with van der Waals surface area (Å²) in [5.74, 6) is 0.132. The van der Waals surface area contributed by atoms with Crippen LogP contribution in [0.3, 0.4) is 0 Å². The highest BCUT2D eigenvalue weighted by molar-refractivity contribution is 6.11. The zero-order valence-electron chi connectivity index (χ0n) is 20.1. The van der Waals surface area contributed by atoms with E-state index in [1.165, 1.54) is 27.0 Å². The molecule has 0 spiro atoms. The Hall–Kier alpha value is -4.59. The van der Waals surface area contributed by atoms with Gasteiger partial charge in [-0.3, -0.25) is 4.79 Å². The van der Waals surface area contributed by atoms with E-state index >= 15 is 0 Å². The zero-order chi connectivity index (χ0) is 25.7. The Morgan fingerprint density at radius 1 is 0.972 bits per heavy atom. The van der Waals surface area contributed by atoms with Crippen LogP contribution in [-0.2, 0) is 11.4 Å². The van der Waals surface area contributed by atoms with E-state index < -0.39 is 11.6 Å². The number of benzene rings is 3. The number of carboxylic acid groups (broad SMARTS) is 1. The lowest BCUT2D eigenvalue weighted by Crippen LogP contribution is -2.38. The van der Waals surface area contributed by atoms with E-state index in [1.54, 1.807) is 42.7 Å². The molecule has 0 saturated heterocycles. The molecule has 0 radical (unpaired) electrons. The van der Waals surface area contributed by atoms with Gasteiger partial charge in [0.1, 0.15) is 35.8 Å². The molecule has 0 bridgehead atoms. The number of aromatic nitrogens is 1. The molecule has 0 atom stereocenters. The van der Waals surface area contributed by atoms with Gasteiger partial charge in [-0.25, -0.2) is 9.78 Å². The lowest BCUT2D eigenvalue weighted by Gasteiger charge is -2.23. The van der Waals surface area contributed by atoms with Gasteiger partial charge in [-0.05, 0) is 62.4 Å². The molecule has 3 aromatic carbocycles. The average Bonchev–Trinajstić information content (AvgIpc) is 3.37. The summed E-state index contributed by atoms with van der Waals surface area (Å²) < 4.78 is 22.2. The zero-order valence-corrected chi connectivity index (χ0v) is 20.1. The van der Waals surface area contributed by atoms with Crippen LogP contribution in [0.2, 0.25) is 0 Å². The van der Waals surface area contributed by atoms with Crippen molar-refractivity contribution in [1.29, 1.82) is 0 Å². The normalized spacial score (nSPS) is 11.1. The lowest BCUT2D eigenvalue weighted by molar-refractivity contribution is -0.152. The van der Waals surface area contributed by atoms with E-state index in [1.807, 2.05) is 30.3 Å². The van der Waals surface area contributed by atoms with E-state index in [4.69, 9.17) is 18.6 Å². The SMILES string of the molecule is COc1ccc(C(=O)c2ccc(OCc3coc(-c4ccccc4)n3)cc2)c(OC(C)(C)C(=O)O)c1. The first-order valence-corrected chi connectivity index (χ1v) is 11.1. The monoisotopic (exact) mass is 487 g/mol. The molecule has 1 N–H and O–H groups in total. The highest BCUT2D eigenvalue weighted by Gasteiger charge is 2.31. The summed E-state index contributed by atoms with van der Waals surface area (Å²) in [4.78, 5) is 29.2. The minimum atomic E-state index is -1.54. The van der Waals surface area contributed by atoms with Crippen molar-refractivity contribution in [3.63, 3.8) is 0 Å². The number of rotatable bonds is 10. The number of carboxylic acids is 1. The van der Waals surface area contributed by atoms with Crippen LogP contribution < -0.4 is 14.2 Å². The van der Waals surface area contributed by atoms with Crippen molar-refractivity contribution in [3.8, 4) is 28.7 Å². The topological polar surface area (TPSA) is 108 Å². The molecule has 0 amide bonds. The van der Waals surface area contributed by atoms with Gasteiger partial charge >= 0.3 is 5.97 Å². The smallest absolute Gasteiger partial charge is 0.347 e. The molecule has 0 aliphatic heterocycles. The van der Waals surface area contributed by atoms with Crippen molar-refractivity contribution in [1.82, 2.24) is 4.98 Å². The summed E-state index contributed by atoms with van der Waals surface area (Å²) in [6, 6.07) is 20.8. The molecule has 1 aromatic heterocycles. The van der Waals surface area contributed by atoms with Crippen LogP contribution in [-0.4, -0.2) is 34.6 Å². The van der Waals surface area contributed by atoms with Crippen LogP contribution in [0.15, 0.2) is 83.5 Å². The number of ether oxygens (including phenoxy) is 3. The van der Waals surface area contributed by atoms with E-state index in [9.17, 15) is 14.7 Å². The van der Waals surface area contributed by atoms with Crippen LogP contribution >= 0.6 is 0 Å². The molecule has 1 heterocycles. The number of hydrogen-bond acceptors (Lipinski definition) is 7. The van der Waals surface area contributed by atoms with Crippen LogP contribution in [0.25, 0.3) is 11.5 Å². The van der Waals surface area contributed by atoms with Crippen molar-refractivity contribution in [2.24, 2.45) is 0 Å². The molecule has 0 aliphatic carbocycles. The summed E-state index contributed by atoms with van der Waals surface area (Å²) in [7, 11) is 1.48. The largest absolute Gasteiger partial charge is 0.497 e. The molecular formula is C28H25NO7. The van der Waals surface area contributed by atoms with Crippen molar-refractivity contribution in [2.75, 3.05) is 7.11 Å². The van der Waals surface area contributed by atoms with E-state index in [2.05, 4.69) is 4.98 Å². The predicted molar refractivity (Wildman–Crippen MR) is 131 cm³/mol. The molecule has 8 nitrogen and oxygen atoms in total. The minimum Gasteiger partial charge on any atom is -0.497 e. The number of hydrogen-bond donors (Lipinski definition) is 1. The van der Waals surface area contributed by atoms with Gasteiger partial charge in [0, 0.05) is 17.2 Å². The summed E-state index contributed by atoms with van der Waals surface area (Å²) in [5.41, 5.74) is 0.573. The fourth-order valence-corrected chi connectivity index (χ4v) is 3.32. The highest BCUT2D eigenvalue weighted by atomic mass is 16.5. The van der Waals surface area contributed by atoms with E-state index in [-0.39, 0.29) is 23.7 Å². The molecule has 0 saturated carbocycles. The number of nitrogens with zero attached hydrogens (tertiary/aromatic N) is 1. The van der Waals surface area contributed by atoms with Gasteiger partial charge in [-0.1, -0.05) is 18.2 Å². The van der Waals surface area contributed by atoms with Crippen molar-refractivity contribution < 1.29 is 33.3 Å². The third kappa shape index (κ3) is 5.55.